The number of hydrogen-bond acceptors (Lipinski definition) is 3. The van der Waals surface area contributed by atoms with Gasteiger partial charge >= 0.3 is 0 Å². The minimum atomic E-state index is -0.404. The summed E-state index contributed by atoms with van der Waals surface area (Å²) in [7, 11) is 3.92. The highest BCUT2D eigenvalue weighted by Crippen LogP contribution is 2.16. The molecule has 0 aromatic heterocycles. The Bertz CT molecular complexity index is 766. The maximum atomic E-state index is 12.3. The van der Waals surface area contributed by atoms with Gasteiger partial charge in [0.05, 0.1) is 0 Å². The lowest BCUT2D eigenvalue weighted by Crippen LogP contribution is -2.13. The summed E-state index contributed by atoms with van der Waals surface area (Å²) in [5.41, 5.74) is 3.83. The molecule has 0 aliphatic heterocycles. The summed E-state index contributed by atoms with van der Waals surface area (Å²) >= 11 is 0. The summed E-state index contributed by atoms with van der Waals surface area (Å²) in [6.45, 7) is 2.08. The molecule has 0 aliphatic rings. The lowest BCUT2D eigenvalue weighted by Gasteiger charge is -2.12. The fourth-order valence-corrected chi connectivity index (χ4v) is 2.21. The molecule has 0 spiro atoms. The summed E-state index contributed by atoms with van der Waals surface area (Å²) in [5.74, 6) is -0.404. The second-order valence-corrected chi connectivity index (χ2v) is 5.66. The van der Waals surface area contributed by atoms with E-state index in [0.29, 0.717) is 5.69 Å². The Morgan fingerprint density at radius 1 is 1.12 bits per heavy atom. The van der Waals surface area contributed by atoms with Gasteiger partial charge in [0.2, 0.25) is 0 Å². The standard InChI is InChI=1S/C20H21N3O/c1-4-15-5-9-18(10-6-15)22-20(24)17(14-21)13-16-7-11-19(12-8-16)23(2)3/h5-13H,4H2,1-3H3,(H,22,24)/b17-13+. The molecule has 4 heteroatoms. The normalized spacial score (nSPS) is 10.8. The summed E-state index contributed by atoms with van der Waals surface area (Å²) in [4.78, 5) is 14.3. The quantitative estimate of drug-likeness (QED) is 0.672. The third kappa shape index (κ3) is 4.47. The Labute approximate surface area is 143 Å². The van der Waals surface area contributed by atoms with Crippen LogP contribution in [0.4, 0.5) is 11.4 Å². The maximum Gasteiger partial charge on any atom is 0.266 e. The number of nitrogens with zero attached hydrogens (tertiary/aromatic N) is 2. The summed E-state index contributed by atoms with van der Waals surface area (Å²) in [6.07, 6.45) is 2.54. The number of hydrogen-bond donors (Lipinski definition) is 1. The first-order valence-electron chi connectivity index (χ1n) is 7.83. The van der Waals surface area contributed by atoms with Crippen LogP contribution in [0.5, 0.6) is 0 Å². The number of benzene rings is 2. The molecule has 2 aromatic rings. The largest absolute Gasteiger partial charge is 0.378 e. The first-order valence-corrected chi connectivity index (χ1v) is 7.83. The van der Waals surface area contributed by atoms with Crippen molar-refractivity contribution < 1.29 is 4.79 Å². The van der Waals surface area contributed by atoms with Crippen molar-refractivity contribution in [3.05, 3.63) is 65.2 Å². The number of carbonyl (C=O) groups excluding carboxylic acids is 1. The lowest BCUT2D eigenvalue weighted by molar-refractivity contribution is -0.112. The molecule has 0 radical (unpaired) electrons. The van der Waals surface area contributed by atoms with Crippen molar-refractivity contribution in [2.24, 2.45) is 0 Å². The van der Waals surface area contributed by atoms with Crippen molar-refractivity contribution in [3.63, 3.8) is 0 Å². The van der Waals surface area contributed by atoms with E-state index in [1.165, 1.54) is 5.56 Å². The van der Waals surface area contributed by atoms with Crippen LogP contribution in [-0.2, 0) is 11.2 Å². The fraction of sp³-hybridized carbons (Fsp3) is 0.200. The number of amides is 1. The number of rotatable bonds is 5. The third-order valence-corrected chi connectivity index (χ3v) is 3.71. The van der Waals surface area contributed by atoms with E-state index in [0.717, 1.165) is 17.7 Å². The molecule has 0 bridgehead atoms. The summed E-state index contributed by atoms with van der Waals surface area (Å²) in [6, 6.07) is 17.2. The van der Waals surface area contributed by atoms with Gasteiger partial charge in [-0.2, -0.15) is 5.26 Å². The van der Waals surface area contributed by atoms with Crippen molar-refractivity contribution >= 4 is 23.4 Å². The predicted octanol–water partition coefficient (Wildman–Crippen LogP) is 3.86. The topological polar surface area (TPSA) is 56.1 Å². The van der Waals surface area contributed by atoms with E-state index in [4.69, 9.17) is 0 Å². The SMILES string of the molecule is CCc1ccc(NC(=O)/C(C#N)=C/c2ccc(N(C)C)cc2)cc1. The number of nitrogens with one attached hydrogen (secondary N) is 1. The van der Waals surface area contributed by atoms with Gasteiger partial charge in [-0.05, 0) is 47.9 Å². The molecule has 0 aliphatic carbocycles. The number of anilines is 2. The Morgan fingerprint density at radius 3 is 2.25 bits per heavy atom. The van der Waals surface area contributed by atoms with Gasteiger partial charge in [-0.1, -0.05) is 31.2 Å². The van der Waals surface area contributed by atoms with Crippen LogP contribution in [0.15, 0.2) is 54.1 Å². The Balaban J connectivity index is 2.14. The van der Waals surface area contributed by atoms with Gasteiger partial charge in [0.15, 0.2) is 0 Å². The monoisotopic (exact) mass is 319 g/mol. The summed E-state index contributed by atoms with van der Waals surface area (Å²) in [5, 5.41) is 12.0. The summed E-state index contributed by atoms with van der Waals surface area (Å²) < 4.78 is 0. The first kappa shape index (κ1) is 17.3. The molecule has 24 heavy (non-hydrogen) atoms. The second-order valence-electron chi connectivity index (χ2n) is 5.66. The molecule has 0 unspecified atom stereocenters. The average molecular weight is 319 g/mol. The van der Waals surface area contributed by atoms with Crippen LogP contribution in [0.25, 0.3) is 6.08 Å². The molecule has 0 heterocycles. The second kappa shape index (κ2) is 7.98. The minimum absolute atomic E-state index is 0.0761. The smallest absolute Gasteiger partial charge is 0.266 e. The molecule has 0 saturated carbocycles. The molecule has 1 amide bonds. The number of carbonyl (C=O) groups is 1. The Hall–Kier alpha value is -3.06. The van der Waals surface area contributed by atoms with Crippen LogP contribution in [0.2, 0.25) is 0 Å². The van der Waals surface area contributed by atoms with Gasteiger partial charge in [-0.3, -0.25) is 4.79 Å². The van der Waals surface area contributed by atoms with Gasteiger partial charge in [0.25, 0.3) is 5.91 Å². The fourth-order valence-electron chi connectivity index (χ4n) is 2.21. The average Bonchev–Trinajstić information content (AvgIpc) is 2.60. The van der Waals surface area contributed by atoms with Gasteiger partial charge in [-0.15, -0.1) is 0 Å². The van der Waals surface area contributed by atoms with Gasteiger partial charge in [0.1, 0.15) is 11.6 Å². The predicted molar refractivity (Wildman–Crippen MR) is 98.8 cm³/mol. The van der Waals surface area contributed by atoms with Gasteiger partial charge in [-0.25, -0.2) is 0 Å². The van der Waals surface area contributed by atoms with E-state index in [9.17, 15) is 10.1 Å². The molecular weight excluding hydrogens is 298 g/mol. The molecule has 4 nitrogen and oxygen atoms in total. The number of nitriles is 1. The Kier molecular flexibility index (Phi) is 5.75. The molecule has 0 saturated heterocycles. The molecule has 1 N–H and O–H groups in total. The zero-order valence-corrected chi connectivity index (χ0v) is 14.2. The first-order chi connectivity index (χ1) is 11.5. The van der Waals surface area contributed by atoms with Crippen LogP contribution in [0.1, 0.15) is 18.1 Å². The van der Waals surface area contributed by atoms with Crippen molar-refractivity contribution in [2.45, 2.75) is 13.3 Å². The van der Waals surface area contributed by atoms with Crippen LogP contribution < -0.4 is 10.2 Å². The van der Waals surface area contributed by atoms with Crippen molar-refractivity contribution in [1.82, 2.24) is 0 Å². The van der Waals surface area contributed by atoms with E-state index in [1.807, 2.05) is 73.6 Å². The van der Waals surface area contributed by atoms with Crippen molar-refractivity contribution in [2.75, 3.05) is 24.3 Å². The van der Waals surface area contributed by atoms with Crippen molar-refractivity contribution in [3.8, 4) is 6.07 Å². The van der Waals surface area contributed by atoms with Crippen LogP contribution in [-0.4, -0.2) is 20.0 Å². The molecular formula is C20H21N3O. The van der Waals surface area contributed by atoms with Crippen LogP contribution >= 0.6 is 0 Å². The lowest BCUT2D eigenvalue weighted by atomic mass is 10.1. The van der Waals surface area contributed by atoms with E-state index < -0.39 is 5.91 Å². The van der Waals surface area contributed by atoms with Gasteiger partial charge in [0, 0.05) is 25.5 Å². The highest BCUT2D eigenvalue weighted by Gasteiger charge is 2.09. The van der Waals surface area contributed by atoms with E-state index >= 15 is 0 Å². The van der Waals surface area contributed by atoms with Crippen LogP contribution in [0.3, 0.4) is 0 Å². The zero-order valence-electron chi connectivity index (χ0n) is 14.2. The van der Waals surface area contributed by atoms with Crippen molar-refractivity contribution in [1.29, 1.82) is 5.26 Å². The molecule has 2 aromatic carbocycles. The highest BCUT2D eigenvalue weighted by molar-refractivity contribution is 6.09. The van der Waals surface area contributed by atoms with E-state index in [1.54, 1.807) is 6.08 Å². The van der Waals surface area contributed by atoms with E-state index in [-0.39, 0.29) is 5.57 Å². The van der Waals surface area contributed by atoms with Gasteiger partial charge < -0.3 is 10.2 Å². The molecule has 122 valence electrons. The molecule has 0 fully saturated rings. The number of aryl methyl sites for hydroxylation is 1. The molecule has 2 rings (SSSR count). The minimum Gasteiger partial charge on any atom is -0.378 e. The highest BCUT2D eigenvalue weighted by atomic mass is 16.1. The van der Waals surface area contributed by atoms with E-state index in [2.05, 4.69) is 12.2 Å². The Morgan fingerprint density at radius 2 is 1.75 bits per heavy atom. The third-order valence-electron chi connectivity index (χ3n) is 3.71. The molecule has 0 atom stereocenters. The maximum absolute atomic E-state index is 12.3. The van der Waals surface area contributed by atoms with Crippen LogP contribution in [0, 0.1) is 11.3 Å². The zero-order chi connectivity index (χ0) is 17.5.